The average Bonchev–Trinajstić information content (AvgIpc) is 3.07. The Labute approximate surface area is 190 Å². The topological polar surface area (TPSA) is 159 Å². The highest BCUT2D eigenvalue weighted by molar-refractivity contribution is 7.89. The van der Waals surface area contributed by atoms with E-state index in [-0.39, 0.29) is 29.7 Å². The summed E-state index contributed by atoms with van der Waals surface area (Å²) >= 11 is 0. The molecule has 0 aliphatic carbocycles. The second-order valence-corrected chi connectivity index (χ2v) is 9.15. The summed E-state index contributed by atoms with van der Waals surface area (Å²) in [6.45, 7) is 0.0430. The highest BCUT2D eigenvalue weighted by Crippen LogP contribution is 2.31. The van der Waals surface area contributed by atoms with Gasteiger partial charge >= 0.3 is 0 Å². The number of anilines is 1. The minimum absolute atomic E-state index is 0.00158. The fourth-order valence-corrected chi connectivity index (χ4v) is 4.53. The van der Waals surface area contributed by atoms with Gasteiger partial charge in [0.25, 0.3) is 5.91 Å². The van der Waals surface area contributed by atoms with Crippen molar-refractivity contribution in [2.24, 2.45) is 10.9 Å². The largest absolute Gasteiger partial charge is 0.384 e. The summed E-state index contributed by atoms with van der Waals surface area (Å²) in [5.74, 6) is -0.795. The number of carbonyl (C=O) groups excluding carboxylic acids is 2. The molecule has 0 saturated heterocycles. The second kappa shape index (κ2) is 8.49. The molecule has 1 aliphatic rings. The molecule has 0 bridgehead atoms. The molecule has 2 amide bonds. The van der Waals surface area contributed by atoms with Gasteiger partial charge < -0.3 is 16.0 Å². The molecule has 0 fully saturated rings. The molecular weight excluding hydrogens is 442 g/mol. The van der Waals surface area contributed by atoms with Gasteiger partial charge in [-0.25, -0.2) is 13.6 Å². The van der Waals surface area contributed by atoms with Crippen molar-refractivity contribution in [1.82, 2.24) is 4.90 Å². The van der Waals surface area contributed by atoms with E-state index in [2.05, 4.69) is 5.32 Å². The molecule has 3 aromatic carbocycles. The van der Waals surface area contributed by atoms with Crippen LogP contribution in [0.5, 0.6) is 0 Å². The summed E-state index contributed by atoms with van der Waals surface area (Å²) < 4.78 is 23.9. The van der Waals surface area contributed by atoms with Crippen LogP contribution >= 0.6 is 0 Å². The van der Waals surface area contributed by atoms with Crippen LogP contribution in [-0.2, 0) is 21.4 Å². The zero-order valence-electron chi connectivity index (χ0n) is 17.4. The van der Waals surface area contributed by atoms with Crippen molar-refractivity contribution in [3.63, 3.8) is 0 Å². The van der Waals surface area contributed by atoms with Crippen LogP contribution in [0.25, 0.3) is 11.1 Å². The zero-order valence-corrected chi connectivity index (χ0v) is 18.2. The Kier molecular flexibility index (Phi) is 5.71. The van der Waals surface area contributed by atoms with Crippen LogP contribution in [0.15, 0.2) is 71.6 Å². The van der Waals surface area contributed by atoms with E-state index in [1.807, 2.05) is 0 Å². The van der Waals surface area contributed by atoms with E-state index < -0.39 is 15.9 Å². The molecule has 168 valence electrons. The number of nitrogens with one attached hydrogen (secondary N) is 2. The molecule has 1 aliphatic heterocycles. The van der Waals surface area contributed by atoms with Gasteiger partial charge in [0.15, 0.2) is 0 Å². The normalized spacial score (nSPS) is 13.0. The summed E-state index contributed by atoms with van der Waals surface area (Å²) in [5.41, 5.74) is 8.62. The molecule has 0 spiro atoms. The van der Waals surface area contributed by atoms with Crippen LogP contribution in [0.3, 0.4) is 0 Å². The number of hydrogen-bond acceptors (Lipinski definition) is 5. The third-order valence-corrected chi connectivity index (χ3v) is 6.25. The number of nitrogens with zero attached hydrogens (tertiary/aromatic N) is 1. The van der Waals surface area contributed by atoms with Crippen LogP contribution in [0.2, 0.25) is 0 Å². The second-order valence-electron chi connectivity index (χ2n) is 7.62. The Morgan fingerprint density at radius 2 is 1.79 bits per heavy atom. The predicted molar refractivity (Wildman–Crippen MR) is 124 cm³/mol. The van der Waals surface area contributed by atoms with Crippen molar-refractivity contribution in [3.05, 3.63) is 83.4 Å². The maximum atomic E-state index is 12.8. The number of primary sulfonamides is 1. The van der Waals surface area contributed by atoms with Crippen molar-refractivity contribution in [1.29, 1.82) is 5.41 Å². The number of benzene rings is 3. The Balaban J connectivity index is 1.52. The first-order valence-electron chi connectivity index (χ1n) is 9.92. The lowest BCUT2D eigenvalue weighted by atomic mass is 10.0. The molecule has 0 aromatic heterocycles. The summed E-state index contributed by atoms with van der Waals surface area (Å²) in [6.07, 6.45) is 0. The summed E-state index contributed by atoms with van der Waals surface area (Å²) in [6, 6.07) is 18.0. The third-order valence-electron chi connectivity index (χ3n) is 5.28. The number of nitrogen functional groups attached to an aromatic ring is 1. The minimum atomic E-state index is -3.92. The van der Waals surface area contributed by atoms with Gasteiger partial charge in [-0.15, -0.1) is 0 Å². The SMILES string of the molecule is N=C(N)c1cccc(NC(=O)CN2Cc3cc(-c4ccccc4S(N)(=O)=O)ccc3C2=O)c1. The highest BCUT2D eigenvalue weighted by atomic mass is 32.2. The monoisotopic (exact) mass is 463 g/mol. The molecule has 0 unspecified atom stereocenters. The molecule has 3 aromatic rings. The lowest BCUT2D eigenvalue weighted by Gasteiger charge is -2.15. The number of amidine groups is 1. The van der Waals surface area contributed by atoms with Crippen molar-refractivity contribution in [2.75, 3.05) is 11.9 Å². The summed E-state index contributed by atoms with van der Waals surface area (Å²) in [7, 11) is -3.92. The Morgan fingerprint density at radius 3 is 2.52 bits per heavy atom. The van der Waals surface area contributed by atoms with E-state index in [1.54, 1.807) is 60.7 Å². The first kappa shape index (κ1) is 22.2. The smallest absolute Gasteiger partial charge is 0.254 e. The highest BCUT2D eigenvalue weighted by Gasteiger charge is 2.29. The number of carbonyl (C=O) groups is 2. The fraction of sp³-hybridized carbons (Fsp3) is 0.0870. The minimum Gasteiger partial charge on any atom is -0.384 e. The molecule has 0 radical (unpaired) electrons. The molecular formula is C23H21N5O4S. The van der Waals surface area contributed by atoms with Crippen LogP contribution in [-0.4, -0.2) is 37.5 Å². The van der Waals surface area contributed by atoms with Crippen LogP contribution in [0.4, 0.5) is 5.69 Å². The average molecular weight is 464 g/mol. The third kappa shape index (κ3) is 4.61. The van der Waals surface area contributed by atoms with Gasteiger partial charge in [-0.1, -0.05) is 36.4 Å². The molecule has 6 N–H and O–H groups in total. The number of nitrogens with two attached hydrogens (primary N) is 2. The van der Waals surface area contributed by atoms with Crippen molar-refractivity contribution >= 4 is 33.4 Å². The molecule has 10 heteroatoms. The van der Waals surface area contributed by atoms with E-state index in [0.29, 0.717) is 33.5 Å². The fourth-order valence-electron chi connectivity index (χ4n) is 3.77. The van der Waals surface area contributed by atoms with Crippen molar-refractivity contribution in [3.8, 4) is 11.1 Å². The zero-order chi connectivity index (χ0) is 23.8. The summed E-state index contributed by atoms with van der Waals surface area (Å²) in [4.78, 5) is 26.7. The Hall–Kier alpha value is -4.02. The lowest BCUT2D eigenvalue weighted by molar-refractivity contribution is -0.116. The van der Waals surface area contributed by atoms with Crippen LogP contribution in [0.1, 0.15) is 21.5 Å². The molecule has 0 saturated carbocycles. The van der Waals surface area contributed by atoms with E-state index in [0.717, 1.165) is 0 Å². The maximum Gasteiger partial charge on any atom is 0.254 e. The summed E-state index contributed by atoms with van der Waals surface area (Å²) in [5, 5.41) is 15.5. The van der Waals surface area contributed by atoms with Gasteiger partial charge in [0.2, 0.25) is 15.9 Å². The van der Waals surface area contributed by atoms with Gasteiger partial charge in [-0.3, -0.25) is 15.0 Å². The quantitative estimate of drug-likeness (QED) is 0.324. The predicted octanol–water partition coefficient (Wildman–Crippen LogP) is 1.88. The van der Waals surface area contributed by atoms with Gasteiger partial charge in [-0.05, 0) is 41.5 Å². The standard InChI is InChI=1S/C23H21N5O4S/c24-22(25)15-4-3-5-17(11-15)27-21(29)13-28-12-16-10-14(8-9-19(16)23(28)30)18-6-1-2-7-20(18)33(26,31)32/h1-11H,12-13H2,(H3,24,25)(H,27,29)(H2,26,31,32). The first-order valence-corrected chi connectivity index (χ1v) is 11.5. The number of sulfonamides is 1. The molecule has 0 atom stereocenters. The molecule has 33 heavy (non-hydrogen) atoms. The number of hydrogen-bond donors (Lipinski definition) is 4. The van der Waals surface area contributed by atoms with Crippen LogP contribution < -0.4 is 16.2 Å². The van der Waals surface area contributed by atoms with E-state index >= 15 is 0 Å². The van der Waals surface area contributed by atoms with Crippen molar-refractivity contribution in [2.45, 2.75) is 11.4 Å². The number of fused-ring (bicyclic) bond motifs is 1. The number of amides is 2. The maximum absolute atomic E-state index is 12.8. The lowest BCUT2D eigenvalue weighted by Crippen LogP contribution is -2.33. The number of rotatable bonds is 6. The van der Waals surface area contributed by atoms with E-state index in [1.165, 1.54) is 11.0 Å². The molecule has 1 heterocycles. The molecule has 9 nitrogen and oxygen atoms in total. The van der Waals surface area contributed by atoms with Gasteiger partial charge in [-0.2, -0.15) is 0 Å². The van der Waals surface area contributed by atoms with Gasteiger partial charge in [0, 0.05) is 28.9 Å². The Morgan fingerprint density at radius 1 is 1.03 bits per heavy atom. The van der Waals surface area contributed by atoms with Gasteiger partial charge in [0.05, 0.1) is 4.90 Å². The first-order chi connectivity index (χ1) is 15.6. The van der Waals surface area contributed by atoms with Gasteiger partial charge in [0.1, 0.15) is 12.4 Å². The van der Waals surface area contributed by atoms with Crippen molar-refractivity contribution < 1.29 is 18.0 Å². The van der Waals surface area contributed by atoms with Crippen LogP contribution in [0, 0.1) is 5.41 Å². The van der Waals surface area contributed by atoms with E-state index in [4.69, 9.17) is 16.3 Å². The van der Waals surface area contributed by atoms with E-state index in [9.17, 15) is 18.0 Å². The molecule has 4 rings (SSSR count). The Bertz CT molecular complexity index is 1400.